The molecule has 2 aromatic carbocycles. The van der Waals surface area contributed by atoms with Gasteiger partial charge in [-0.15, -0.1) is 0 Å². The molecule has 20 heavy (non-hydrogen) atoms. The number of para-hydroxylation sites is 1. The first-order valence-corrected chi connectivity index (χ1v) is 7.83. The number of phenolic OH excluding ortho intramolecular Hbond substituents is 1. The first kappa shape index (κ1) is 12.7. The molecule has 1 atom stereocenters. The van der Waals surface area contributed by atoms with Gasteiger partial charge < -0.3 is 10.2 Å². The molecule has 0 aliphatic carbocycles. The average Bonchev–Trinajstić information content (AvgIpc) is 2.49. The highest BCUT2D eigenvalue weighted by Crippen LogP contribution is 2.46. The minimum atomic E-state index is -3.07. The van der Waals surface area contributed by atoms with Crippen LogP contribution in [0.4, 0.5) is 0 Å². The van der Waals surface area contributed by atoms with Crippen molar-refractivity contribution in [3.8, 4) is 5.75 Å². The maximum absolute atomic E-state index is 12.9. The van der Waals surface area contributed by atoms with E-state index in [4.69, 9.17) is 0 Å². The highest BCUT2D eigenvalue weighted by molar-refractivity contribution is 7.69. The molecule has 0 saturated carbocycles. The first-order valence-electron chi connectivity index (χ1n) is 6.17. The zero-order chi connectivity index (χ0) is 14.0. The summed E-state index contributed by atoms with van der Waals surface area (Å²) in [7, 11) is -3.07. The molecule has 2 aromatic rings. The molecule has 1 aliphatic heterocycles. The van der Waals surface area contributed by atoms with Crippen molar-refractivity contribution in [2.45, 2.75) is 0 Å². The van der Waals surface area contributed by atoms with Crippen LogP contribution in [0, 0.1) is 0 Å². The van der Waals surface area contributed by atoms with Crippen molar-refractivity contribution in [3.05, 3.63) is 66.2 Å². The molecule has 0 bridgehead atoms. The van der Waals surface area contributed by atoms with Gasteiger partial charge in [-0.25, -0.2) is 4.76 Å². The number of hydrogen-bond donors (Lipinski definition) is 2. The Morgan fingerprint density at radius 1 is 1.00 bits per heavy atom. The van der Waals surface area contributed by atoms with Crippen molar-refractivity contribution in [3.63, 3.8) is 0 Å². The molecule has 2 N–H and O–H groups in total. The summed E-state index contributed by atoms with van der Waals surface area (Å²) in [5, 5.41) is 13.5. The Bertz CT molecular complexity index is 739. The number of rotatable bonds is 2. The molecule has 3 rings (SSSR count). The topological polar surface area (TPSA) is 61.7 Å². The maximum Gasteiger partial charge on any atom is 0.308 e. The summed E-state index contributed by atoms with van der Waals surface area (Å²) in [6.07, 6.45) is 3.22. The summed E-state index contributed by atoms with van der Waals surface area (Å²) < 4.78 is 17.0. The van der Waals surface area contributed by atoms with E-state index in [9.17, 15) is 9.67 Å². The van der Waals surface area contributed by atoms with Crippen molar-refractivity contribution in [2.24, 2.45) is 4.76 Å². The van der Waals surface area contributed by atoms with Gasteiger partial charge in [0.15, 0.2) is 0 Å². The van der Waals surface area contributed by atoms with Crippen molar-refractivity contribution < 1.29 is 9.67 Å². The van der Waals surface area contributed by atoms with Gasteiger partial charge in [0.25, 0.3) is 0 Å². The van der Waals surface area contributed by atoms with E-state index in [2.05, 4.69) is 9.85 Å². The lowest BCUT2D eigenvalue weighted by Crippen LogP contribution is -2.19. The van der Waals surface area contributed by atoms with Crippen LogP contribution >= 0.6 is 7.44 Å². The third kappa shape index (κ3) is 2.26. The van der Waals surface area contributed by atoms with E-state index in [0.717, 1.165) is 0 Å². The van der Waals surface area contributed by atoms with E-state index < -0.39 is 7.44 Å². The van der Waals surface area contributed by atoms with Crippen molar-refractivity contribution >= 4 is 24.7 Å². The standard InChI is InChI=1S/C15H13N2O2P/c18-15-9-5-4-8-13(15)14-10-11-16-20(19,17-14)12-6-2-1-3-7-12/h1-11,18H,(H,16,17,19). The van der Waals surface area contributed by atoms with E-state index in [1.807, 2.05) is 24.3 Å². The van der Waals surface area contributed by atoms with Gasteiger partial charge in [0.05, 0.1) is 11.0 Å². The van der Waals surface area contributed by atoms with Crippen LogP contribution in [0.3, 0.4) is 0 Å². The molecule has 0 amide bonds. The van der Waals surface area contributed by atoms with Gasteiger partial charge in [0.1, 0.15) is 5.75 Å². The zero-order valence-electron chi connectivity index (χ0n) is 10.6. The molecule has 0 fully saturated rings. The number of nitrogens with one attached hydrogen (secondary N) is 1. The van der Waals surface area contributed by atoms with E-state index in [-0.39, 0.29) is 5.75 Å². The summed E-state index contributed by atoms with van der Waals surface area (Å²) in [5.41, 5.74) is 1.21. The van der Waals surface area contributed by atoms with E-state index in [0.29, 0.717) is 16.6 Å². The Labute approximate surface area is 117 Å². The molecule has 0 radical (unpaired) electrons. The summed E-state index contributed by atoms with van der Waals surface area (Å²) >= 11 is 0. The molecule has 5 heteroatoms. The summed E-state index contributed by atoms with van der Waals surface area (Å²) in [5.74, 6) is 0.140. The lowest BCUT2D eigenvalue weighted by Gasteiger charge is -2.22. The van der Waals surface area contributed by atoms with E-state index in [1.54, 1.807) is 36.4 Å². The van der Waals surface area contributed by atoms with Gasteiger partial charge in [-0.2, -0.15) is 0 Å². The number of allylic oxidation sites excluding steroid dienone is 1. The second kappa shape index (κ2) is 4.99. The lowest BCUT2D eigenvalue weighted by molar-refractivity contribution is 0.473. The third-order valence-electron chi connectivity index (χ3n) is 3.04. The molecular formula is C15H13N2O2P. The van der Waals surface area contributed by atoms with Crippen LogP contribution in [0.15, 0.2) is 65.4 Å². The Kier molecular flexibility index (Phi) is 3.17. The van der Waals surface area contributed by atoms with Crippen LogP contribution < -0.4 is 10.4 Å². The Hall–Kier alpha value is -2.32. The van der Waals surface area contributed by atoms with Crippen LogP contribution in [0.2, 0.25) is 0 Å². The predicted molar refractivity (Wildman–Crippen MR) is 81.4 cm³/mol. The van der Waals surface area contributed by atoms with Crippen molar-refractivity contribution in [1.82, 2.24) is 5.09 Å². The van der Waals surface area contributed by atoms with Crippen LogP contribution in [0.5, 0.6) is 5.75 Å². The molecule has 0 saturated heterocycles. The van der Waals surface area contributed by atoms with Crippen LogP contribution in [0.25, 0.3) is 5.70 Å². The minimum Gasteiger partial charge on any atom is -0.507 e. The van der Waals surface area contributed by atoms with Crippen LogP contribution in [-0.4, -0.2) is 11.3 Å². The van der Waals surface area contributed by atoms with E-state index >= 15 is 0 Å². The number of benzene rings is 2. The van der Waals surface area contributed by atoms with Gasteiger partial charge in [-0.05, 0) is 30.3 Å². The van der Waals surface area contributed by atoms with Gasteiger partial charge in [0.2, 0.25) is 0 Å². The molecule has 4 nitrogen and oxygen atoms in total. The fourth-order valence-corrected chi connectivity index (χ4v) is 3.72. The molecular weight excluding hydrogens is 271 g/mol. The monoisotopic (exact) mass is 284 g/mol. The van der Waals surface area contributed by atoms with Crippen LogP contribution in [-0.2, 0) is 4.57 Å². The van der Waals surface area contributed by atoms with Gasteiger partial charge >= 0.3 is 7.44 Å². The Morgan fingerprint density at radius 3 is 2.45 bits per heavy atom. The molecule has 0 spiro atoms. The maximum atomic E-state index is 12.9. The fourth-order valence-electron chi connectivity index (χ4n) is 2.04. The fraction of sp³-hybridized carbons (Fsp3) is 0. The number of nitrogens with zero attached hydrogens (tertiary/aromatic N) is 1. The van der Waals surface area contributed by atoms with Crippen molar-refractivity contribution in [2.75, 3.05) is 0 Å². The number of aromatic hydroxyl groups is 1. The Balaban J connectivity index is 1.99. The normalized spacial score (nSPS) is 21.1. The molecule has 1 unspecified atom stereocenters. The van der Waals surface area contributed by atoms with Crippen LogP contribution in [0.1, 0.15) is 5.56 Å². The number of hydrogen-bond acceptors (Lipinski definition) is 2. The minimum absolute atomic E-state index is 0.140. The Morgan fingerprint density at radius 2 is 1.70 bits per heavy atom. The summed E-state index contributed by atoms with van der Waals surface area (Å²) in [6, 6.07) is 16.0. The lowest BCUT2D eigenvalue weighted by atomic mass is 10.1. The highest BCUT2D eigenvalue weighted by atomic mass is 31.2. The molecule has 1 heterocycles. The van der Waals surface area contributed by atoms with Gasteiger partial charge in [-0.1, -0.05) is 30.3 Å². The largest absolute Gasteiger partial charge is 0.507 e. The SMILES string of the molecule is O=P1(c2ccccc2)N=CC=C(c2ccccc2O)N1. The number of phenols is 1. The molecule has 0 aromatic heterocycles. The summed E-state index contributed by atoms with van der Waals surface area (Å²) in [4.78, 5) is 0. The second-order valence-corrected chi connectivity index (χ2v) is 6.51. The smallest absolute Gasteiger partial charge is 0.308 e. The van der Waals surface area contributed by atoms with Gasteiger partial charge in [-0.3, -0.25) is 4.57 Å². The van der Waals surface area contributed by atoms with E-state index in [1.165, 1.54) is 6.21 Å². The predicted octanol–water partition coefficient (Wildman–Crippen LogP) is 2.93. The van der Waals surface area contributed by atoms with Crippen molar-refractivity contribution in [1.29, 1.82) is 0 Å². The first-order chi connectivity index (χ1) is 9.69. The highest BCUT2D eigenvalue weighted by Gasteiger charge is 2.27. The summed E-state index contributed by atoms with van der Waals surface area (Å²) in [6.45, 7) is 0. The average molecular weight is 284 g/mol. The second-order valence-electron chi connectivity index (χ2n) is 4.39. The third-order valence-corrected chi connectivity index (χ3v) is 5.04. The van der Waals surface area contributed by atoms with Gasteiger partial charge in [0, 0.05) is 11.8 Å². The zero-order valence-corrected chi connectivity index (χ0v) is 11.5. The molecule has 100 valence electrons. The quantitative estimate of drug-likeness (QED) is 0.833. The molecule has 1 aliphatic rings.